The number of anilines is 1. The molecule has 4 rings (SSSR count). The summed E-state index contributed by atoms with van der Waals surface area (Å²) in [7, 11) is 3.05. The summed E-state index contributed by atoms with van der Waals surface area (Å²) in [5.41, 5.74) is 2.26. The Balaban J connectivity index is 1.46. The van der Waals surface area contributed by atoms with Crippen molar-refractivity contribution >= 4 is 11.8 Å². The number of fused-ring (bicyclic) bond motifs is 1. The molecule has 160 valence electrons. The molecule has 0 radical (unpaired) electrons. The number of alkyl carbamates (subject to hydrolysis) is 1. The van der Waals surface area contributed by atoms with Gasteiger partial charge in [0.2, 0.25) is 6.79 Å². The van der Waals surface area contributed by atoms with Gasteiger partial charge < -0.3 is 29.2 Å². The van der Waals surface area contributed by atoms with Gasteiger partial charge in [-0.2, -0.15) is 0 Å². The van der Waals surface area contributed by atoms with Gasteiger partial charge in [0.05, 0.1) is 20.3 Å². The summed E-state index contributed by atoms with van der Waals surface area (Å²) in [5.74, 6) is 2.35. The van der Waals surface area contributed by atoms with Crippen molar-refractivity contribution in [2.75, 3.05) is 58.6 Å². The molecule has 30 heavy (non-hydrogen) atoms. The third-order valence-electron chi connectivity index (χ3n) is 5.60. The normalized spacial score (nSPS) is 16.8. The molecule has 1 amide bonds. The van der Waals surface area contributed by atoms with Gasteiger partial charge in [0.15, 0.2) is 11.5 Å². The maximum absolute atomic E-state index is 11.7. The highest BCUT2D eigenvalue weighted by Gasteiger charge is 2.27. The van der Waals surface area contributed by atoms with E-state index >= 15 is 0 Å². The Labute approximate surface area is 176 Å². The number of nitrogens with one attached hydrogen (secondary N) is 1. The van der Waals surface area contributed by atoms with E-state index < -0.39 is 6.09 Å². The van der Waals surface area contributed by atoms with E-state index in [2.05, 4.69) is 27.2 Å². The Bertz CT molecular complexity index is 866. The second kappa shape index (κ2) is 9.13. The molecule has 1 fully saturated rings. The van der Waals surface area contributed by atoms with E-state index in [9.17, 15) is 4.79 Å². The molecule has 0 spiro atoms. The van der Waals surface area contributed by atoms with Crippen LogP contribution in [0.3, 0.4) is 0 Å². The molecule has 2 heterocycles. The van der Waals surface area contributed by atoms with Crippen LogP contribution in [-0.4, -0.2) is 64.7 Å². The fraction of sp³-hybridized carbons (Fsp3) is 0.409. The van der Waals surface area contributed by atoms with E-state index in [0.29, 0.717) is 6.54 Å². The van der Waals surface area contributed by atoms with Crippen LogP contribution in [-0.2, 0) is 4.74 Å². The number of hydrogen-bond donors (Lipinski definition) is 1. The number of rotatable bonds is 6. The van der Waals surface area contributed by atoms with Crippen LogP contribution in [0.5, 0.6) is 17.2 Å². The number of amides is 1. The van der Waals surface area contributed by atoms with E-state index in [1.807, 2.05) is 30.3 Å². The van der Waals surface area contributed by atoms with Gasteiger partial charge in [0, 0.05) is 38.4 Å². The number of carbonyl (C=O) groups excluding carboxylic acids is 1. The van der Waals surface area contributed by atoms with Crippen LogP contribution in [0.25, 0.3) is 0 Å². The Hall–Kier alpha value is -3.13. The predicted molar refractivity (Wildman–Crippen MR) is 112 cm³/mol. The molecule has 0 bridgehead atoms. The third kappa shape index (κ3) is 4.38. The Kier molecular flexibility index (Phi) is 6.13. The van der Waals surface area contributed by atoms with Gasteiger partial charge in [-0.3, -0.25) is 4.90 Å². The SMILES string of the molecule is COC(=O)NC[C@@H](c1ccc2c(c1)OCO2)N1CCN(c2ccc(OC)cc2)CC1. The summed E-state index contributed by atoms with van der Waals surface area (Å²) < 4.78 is 21.0. The van der Waals surface area contributed by atoms with Crippen LogP contribution in [0.1, 0.15) is 11.6 Å². The van der Waals surface area contributed by atoms with E-state index in [0.717, 1.165) is 49.0 Å². The van der Waals surface area contributed by atoms with Crippen molar-refractivity contribution in [3.05, 3.63) is 48.0 Å². The van der Waals surface area contributed by atoms with Crippen molar-refractivity contribution in [1.29, 1.82) is 0 Å². The maximum Gasteiger partial charge on any atom is 0.406 e. The number of ether oxygens (including phenoxy) is 4. The highest BCUT2D eigenvalue weighted by atomic mass is 16.7. The van der Waals surface area contributed by atoms with E-state index in [-0.39, 0.29) is 12.8 Å². The molecule has 1 saturated heterocycles. The van der Waals surface area contributed by atoms with Crippen LogP contribution in [0.4, 0.5) is 10.5 Å². The molecule has 2 aliphatic heterocycles. The van der Waals surface area contributed by atoms with Gasteiger partial charge >= 0.3 is 6.09 Å². The van der Waals surface area contributed by atoms with Gasteiger partial charge in [-0.1, -0.05) is 6.07 Å². The number of methoxy groups -OCH3 is 2. The van der Waals surface area contributed by atoms with Gasteiger partial charge in [0.1, 0.15) is 5.75 Å². The van der Waals surface area contributed by atoms with Gasteiger partial charge in [0.25, 0.3) is 0 Å². The summed E-state index contributed by atoms with van der Waals surface area (Å²) in [5, 5.41) is 2.85. The van der Waals surface area contributed by atoms with Crippen LogP contribution >= 0.6 is 0 Å². The van der Waals surface area contributed by atoms with Crippen molar-refractivity contribution in [2.45, 2.75) is 6.04 Å². The first-order chi connectivity index (χ1) is 14.7. The lowest BCUT2D eigenvalue weighted by Crippen LogP contribution is -2.49. The Morgan fingerprint density at radius 3 is 2.47 bits per heavy atom. The smallest absolute Gasteiger partial charge is 0.406 e. The monoisotopic (exact) mass is 413 g/mol. The molecule has 1 N–H and O–H groups in total. The number of benzene rings is 2. The average molecular weight is 413 g/mol. The molecule has 8 heteroatoms. The highest BCUT2D eigenvalue weighted by molar-refractivity contribution is 5.67. The van der Waals surface area contributed by atoms with Crippen LogP contribution in [0.2, 0.25) is 0 Å². The molecule has 2 aliphatic rings. The summed E-state index contributed by atoms with van der Waals surface area (Å²) in [6.45, 7) is 4.22. The lowest BCUT2D eigenvalue weighted by Gasteiger charge is -2.40. The Morgan fingerprint density at radius 2 is 1.77 bits per heavy atom. The highest BCUT2D eigenvalue weighted by Crippen LogP contribution is 2.35. The van der Waals surface area contributed by atoms with Gasteiger partial charge in [-0.25, -0.2) is 4.79 Å². The molecular formula is C22H27N3O5. The first-order valence-corrected chi connectivity index (χ1v) is 10.0. The molecule has 0 unspecified atom stereocenters. The van der Waals surface area contributed by atoms with E-state index in [1.54, 1.807) is 7.11 Å². The van der Waals surface area contributed by atoms with Crippen molar-refractivity contribution in [2.24, 2.45) is 0 Å². The average Bonchev–Trinajstić information content (AvgIpc) is 3.27. The van der Waals surface area contributed by atoms with Crippen molar-refractivity contribution in [1.82, 2.24) is 10.2 Å². The van der Waals surface area contributed by atoms with E-state index in [4.69, 9.17) is 18.9 Å². The minimum absolute atomic E-state index is 0.0108. The quantitative estimate of drug-likeness (QED) is 0.781. The lowest BCUT2D eigenvalue weighted by molar-refractivity contribution is 0.154. The zero-order valence-corrected chi connectivity index (χ0v) is 17.3. The second-order valence-electron chi connectivity index (χ2n) is 7.22. The van der Waals surface area contributed by atoms with Crippen molar-refractivity contribution < 1.29 is 23.7 Å². The fourth-order valence-corrected chi connectivity index (χ4v) is 3.92. The number of hydrogen-bond acceptors (Lipinski definition) is 7. The minimum atomic E-state index is -0.433. The van der Waals surface area contributed by atoms with Gasteiger partial charge in [-0.15, -0.1) is 0 Å². The second-order valence-corrected chi connectivity index (χ2v) is 7.22. The number of carbonyl (C=O) groups is 1. The summed E-state index contributed by atoms with van der Waals surface area (Å²) in [6.07, 6.45) is -0.433. The minimum Gasteiger partial charge on any atom is -0.497 e. The summed E-state index contributed by atoms with van der Waals surface area (Å²) in [4.78, 5) is 16.4. The first-order valence-electron chi connectivity index (χ1n) is 10.0. The topological polar surface area (TPSA) is 72.5 Å². The van der Waals surface area contributed by atoms with Crippen LogP contribution in [0, 0.1) is 0 Å². The molecule has 8 nitrogen and oxygen atoms in total. The standard InChI is InChI=1S/C22H27N3O5/c1-27-18-6-4-17(5-7-18)24-9-11-25(12-10-24)19(14-23-22(26)28-2)16-3-8-20-21(13-16)30-15-29-20/h3-8,13,19H,9-12,14-15H2,1-2H3,(H,23,26)/t19-/m0/s1. The lowest BCUT2D eigenvalue weighted by atomic mass is 10.0. The summed E-state index contributed by atoms with van der Waals surface area (Å²) in [6, 6.07) is 14.1. The molecule has 0 saturated carbocycles. The molecule has 1 atom stereocenters. The Morgan fingerprint density at radius 1 is 1.03 bits per heavy atom. The molecule has 0 aliphatic carbocycles. The molecular weight excluding hydrogens is 386 g/mol. The molecule has 2 aromatic carbocycles. The third-order valence-corrected chi connectivity index (χ3v) is 5.60. The summed E-state index contributed by atoms with van der Waals surface area (Å²) >= 11 is 0. The van der Waals surface area contributed by atoms with Crippen molar-refractivity contribution in [3.8, 4) is 17.2 Å². The first kappa shape index (κ1) is 20.2. The number of piperazine rings is 1. The number of nitrogens with zero attached hydrogens (tertiary/aromatic N) is 2. The van der Waals surface area contributed by atoms with Crippen LogP contribution < -0.4 is 24.4 Å². The van der Waals surface area contributed by atoms with Crippen LogP contribution in [0.15, 0.2) is 42.5 Å². The van der Waals surface area contributed by atoms with Gasteiger partial charge in [-0.05, 0) is 42.0 Å². The zero-order chi connectivity index (χ0) is 20.9. The van der Waals surface area contributed by atoms with E-state index in [1.165, 1.54) is 12.8 Å². The predicted octanol–water partition coefficient (Wildman–Crippen LogP) is 2.64. The van der Waals surface area contributed by atoms with Crippen molar-refractivity contribution in [3.63, 3.8) is 0 Å². The fourth-order valence-electron chi connectivity index (χ4n) is 3.92. The maximum atomic E-state index is 11.7. The molecule has 2 aromatic rings. The zero-order valence-electron chi connectivity index (χ0n) is 17.3. The molecule has 0 aromatic heterocycles. The largest absolute Gasteiger partial charge is 0.497 e.